The van der Waals surface area contributed by atoms with E-state index >= 15 is 0 Å². The number of hydrogen-bond donors (Lipinski definition) is 1. The Morgan fingerprint density at radius 3 is 2.38 bits per heavy atom. The molecule has 1 aromatic rings. The summed E-state index contributed by atoms with van der Waals surface area (Å²) in [7, 11) is 1.14. The number of nitro benzene ring substituents is 1. The monoisotopic (exact) mass is 296 g/mol. The van der Waals surface area contributed by atoms with E-state index in [-0.39, 0.29) is 11.3 Å². The summed E-state index contributed by atoms with van der Waals surface area (Å²) < 4.78 is 9.56. The second-order valence-electron chi connectivity index (χ2n) is 5.08. The average Bonchev–Trinajstić information content (AvgIpc) is 2.35. The predicted octanol–water partition coefficient (Wildman–Crippen LogP) is 2.73. The molecule has 114 valence electrons. The summed E-state index contributed by atoms with van der Waals surface area (Å²) in [6, 6.07) is 3.80. The topological polar surface area (TPSA) is 108 Å². The zero-order valence-electron chi connectivity index (χ0n) is 12.1. The molecule has 1 rings (SSSR count). The fourth-order valence-electron chi connectivity index (χ4n) is 1.51. The van der Waals surface area contributed by atoms with Gasteiger partial charge in [-0.25, -0.2) is 9.59 Å². The zero-order valence-corrected chi connectivity index (χ0v) is 12.1. The molecule has 0 atom stereocenters. The molecule has 0 radical (unpaired) electrons. The number of para-hydroxylation sites is 1. The first kappa shape index (κ1) is 16.4. The first-order chi connectivity index (χ1) is 9.65. The van der Waals surface area contributed by atoms with Gasteiger partial charge in [0.05, 0.1) is 17.6 Å². The molecule has 21 heavy (non-hydrogen) atoms. The molecule has 1 N–H and O–H groups in total. The fourth-order valence-corrected chi connectivity index (χ4v) is 1.51. The number of carbonyl (C=O) groups excluding carboxylic acids is 2. The molecule has 8 nitrogen and oxygen atoms in total. The SMILES string of the molecule is COC(=O)c1cccc([N+](=O)[O-])c1NC(=O)OC(C)(C)C. The maximum Gasteiger partial charge on any atom is 0.412 e. The number of ether oxygens (including phenoxy) is 2. The summed E-state index contributed by atoms with van der Waals surface area (Å²) in [6.45, 7) is 4.94. The predicted molar refractivity (Wildman–Crippen MR) is 74.3 cm³/mol. The van der Waals surface area contributed by atoms with Crippen LogP contribution in [0.3, 0.4) is 0 Å². The van der Waals surface area contributed by atoms with Crippen LogP contribution in [0.1, 0.15) is 31.1 Å². The van der Waals surface area contributed by atoms with Gasteiger partial charge in [0.15, 0.2) is 0 Å². The van der Waals surface area contributed by atoms with Crippen LogP contribution >= 0.6 is 0 Å². The number of amides is 1. The van der Waals surface area contributed by atoms with E-state index in [0.29, 0.717) is 0 Å². The third kappa shape index (κ3) is 4.44. The third-order valence-electron chi connectivity index (χ3n) is 2.27. The van der Waals surface area contributed by atoms with Crippen molar-refractivity contribution in [2.24, 2.45) is 0 Å². The Morgan fingerprint density at radius 2 is 1.90 bits per heavy atom. The summed E-state index contributed by atoms with van der Waals surface area (Å²) in [5, 5.41) is 13.2. The quantitative estimate of drug-likeness (QED) is 0.522. The number of methoxy groups -OCH3 is 1. The van der Waals surface area contributed by atoms with Gasteiger partial charge in [0.2, 0.25) is 0 Å². The number of nitro groups is 1. The highest BCUT2D eigenvalue weighted by atomic mass is 16.6. The van der Waals surface area contributed by atoms with Gasteiger partial charge in [0.1, 0.15) is 11.3 Å². The lowest BCUT2D eigenvalue weighted by atomic mass is 10.1. The van der Waals surface area contributed by atoms with Gasteiger partial charge in [0.25, 0.3) is 5.69 Å². The molecule has 0 saturated heterocycles. The Morgan fingerprint density at radius 1 is 1.29 bits per heavy atom. The second-order valence-corrected chi connectivity index (χ2v) is 5.08. The molecule has 1 aromatic carbocycles. The molecule has 0 aliphatic carbocycles. The molecular formula is C13H16N2O6. The molecule has 0 spiro atoms. The first-order valence-electron chi connectivity index (χ1n) is 6.01. The van der Waals surface area contributed by atoms with Crippen molar-refractivity contribution in [3.05, 3.63) is 33.9 Å². The minimum Gasteiger partial charge on any atom is -0.465 e. The van der Waals surface area contributed by atoms with Gasteiger partial charge in [-0.3, -0.25) is 15.4 Å². The van der Waals surface area contributed by atoms with E-state index in [9.17, 15) is 19.7 Å². The van der Waals surface area contributed by atoms with Crippen LogP contribution in [0, 0.1) is 10.1 Å². The van der Waals surface area contributed by atoms with E-state index in [1.807, 2.05) is 0 Å². The number of esters is 1. The highest BCUT2D eigenvalue weighted by Gasteiger charge is 2.26. The lowest BCUT2D eigenvalue weighted by molar-refractivity contribution is -0.384. The Balaban J connectivity index is 3.21. The molecule has 0 aliphatic heterocycles. The van der Waals surface area contributed by atoms with Crippen LogP contribution < -0.4 is 5.32 Å². The Hall–Kier alpha value is -2.64. The van der Waals surface area contributed by atoms with Crippen molar-refractivity contribution in [3.8, 4) is 0 Å². The van der Waals surface area contributed by atoms with Crippen molar-refractivity contribution in [1.82, 2.24) is 0 Å². The first-order valence-corrected chi connectivity index (χ1v) is 6.01. The van der Waals surface area contributed by atoms with Gasteiger partial charge in [-0.05, 0) is 26.8 Å². The molecule has 1 amide bonds. The van der Waals surface area contributed by atoms with Gasteiger partial charge in [-0.15, -0.1) is 0 Å². The van der Waals surface area contributed by atoms with Gasteiger partial charge in [-0.1, -0.05) is 6.07 Å². The number of carbonyl (C=O) groups is 2. The van der Waals surface area contributed by atoms with Crippen molar-refractivity contribution in [1.29, 1.82) is 0 Å². The van der Waals surface area contributed by atoms with E-state index < -0.39 is 28.3 Å². The van der Waals surface area contributed by atoms with Crippen molar-refractivity contribution < 1.29 is 24.0 Å². The number of benzene rings is 1. The minimum atomic E-state index is -0.901. The Bertz CT molecular complexity index is 577. The molecule has 0 heterocycles. The van der Waals surface area contributed by atoms with E-state index in [1.54, 1.807) is 20.8 Å². The maximum atomic E-state index is 11.8. The van der Waals surface area contributed by atoms with E-state index in [0.717, 1.165) is 7.11 Å². The molecule has 0 saturated carbocycles. The molecule has 0 aliphatic rings. The van der Waals surface area contributed by atoms with Crippen LogP contribution in [0.2, 0.25) is 0 Å². The minimum absolute atomic E-state index is 0.127. The molecule has 0 bridgehead atoms. The van der Waals surface area contributed by atoms with Crippen molar-refractivity contribution in [2.75, 3.05) is 12.4 Å². The smallest absolute Gasteiger partial charge is 0.412 e. The van der Waals surface area contributed by atoms with E-state index in [4.69, 9.17) is 4.74 Å². The van der Waals surface area contributed by atoms with Crippen LogP contribution in [-0.2, 0) is 9.47 Å². The fraction of sp³-hybridized carbons (Fsp3) is 0.385. The average molecular weight is 296 g/mol. The number of hydrogen-bond acceptors (Lipinski definition) is 6. The molecule has 8 heteroatoms. The Labute approximate surface area is 121 Å². The number of nitrogens with zero attached hydrogens (tertiary/aromatic N) is 1. The third-order valence-corrected chi connectivity index (χ3v) is 2.27. The highest BCUT2D eigenvalue weighted by molar-refractivity contribution is 6.02. The largest absolute Gasteiger partial charge is 0.465 e. The summed E-state index contributed by atoms with van der Waals surface area (Å²) in [6.07, 6.45) is -0.901. The van der Waals surface area contributed by atoms with Gasteiger partial charge in [0, 0.05) is 6.07 Å². The Kier molecular flexibility index (Phi) is 4.85. The van der Waals surface area contributed by atoms with Crippen LogP contribution in [0.4, 0.5) is 16.2 Å². The highest BCUT2D eigenvalue weighted by Crippen LogP contribution is 2.29. The standard InChI is InChI=1S/C13H16N2O6/c1-13(2,3)21-12(17)14-10-8(11(16)20-4)6-5-7-9(10)15(18)19/h5-7H,1-4H3,(H,14,17). The van der Waals surface area contributed by atoms with Gasteiger partial charge >= 0.3 is 12.1 Å². The lowest BCUT2D eigenvalue weighted by Crippen LogP contribution is -2.28. The van der Waals surface area contributed by atoms with Gasteiger partial charge in [-0.2, -0.15) is 0 Å². The summed E-state index contributed by atoms with van der Waals surface area (Å²) in [5.41, 5.74) is -1.59. The number of nitrogens with one attached hydrogen (secondary N) is 1. The van der Waals surface area contributed by atoms with Crippen LogP contribution in [0.5, 0.6) is 0 Å². The molecule has 0 unspecified atom stereocenters. The summed E-state index contributed by atoms with van der Waals surface area (Å²) >= 11 is 0. The van der Waals surface area contributed by atoms with Crippen LogP contribution in [0.25, 0.3) is 0 Å². The zero-order chi connectivity index (χ0) is 16.2. The molecule has 0 aromatic heterocycles. The maximum absolute atomic E-state index is 11.8. The lowest BCUT2D eigenvalue weighted by Gasteiger charge is -2.20. The molecule has 0 fully saturated rings. The molecular weight excluding hydrogens is 280 g/mol. The van der Waals surface area contributed by atoms with E-state index in [1.165, 1.54) is 18.2 Å². The summed E-state index contributed by atoms with van der Waals surface area (Å²) in [4.78, 5) is 33.7. The van der Waals surface area contributed by atoms with Crippen LogP contribution in [-0.4, -0.2) is 29.7 Å². The van der Waals surface area contributed by atoms with Crippen molar-refractivity contribution in [2.45, 2.75) is 26.4 Å². The summed E-state index contributed by atoms with van der Waals surface area (Å²) in [5.74, 6) is -0.801. The normalized spacial score (nSPS) is 10.7. The van der Waals surface area contributed by atoms with Gasteiger partial charge < -0.3 is 9.47 Å². The van der Waals surface area contributed by atoms with E-state index in [2.05, 4.69) is 10.1 Å². The number of rotatable bonds is 3. The number of anilines is 1. The van der Waals surface area contributed by atoms with Crippen molar-refractivity contribution in [3.63, 3.8) is 0 Å². The second kappa shape index (κ2) is 6.21. The van der Waals surface area contributed by atoms with Crippen LogP contribution in [0.15, 0.2) is 18.2 Å². The van der Waals surface area contributed by atoms with Crippen molar-refractivity contribution >= 4 is 23.4 Å².